The van der Waals surface area contributed by atoms with Crippen molar-refractivity contribution in [1.29, 1.82) is 0 Å². The van der Waals surface area contributed by atoms with Crippen molar-refractivity contribution in [3.63, 3.8) is 0 Å². The van der Waals surface area contributed by atoms with Crippen LogP contribution in [0.5, 0.6) is 0 Å². The van der Waals surface area contributed by atoms with E-state index in [0.717, 1.165) is 21.5 Å². The molecule has 8 heteroatoms. The first-order chi connectivity index (χ1) is 13.9. The summed E-state index contributed by atoms with van der Waals surface area (Å²) in [6, 6.07) is 10.5. The van der Waals surface area contributed by atoms with E-state index in [-0.39, 0.29) is 11.8 Å². The Bertz CT molecular complexity index is 1210. The molecule has 2 N–H and O–H groups in total. The van der Waals surface area contributed by atoms with Gasteiger partial charge in [-0.1, -0.05) is 0 Å². The van der Waals surface area contributed by atoms with Crippen LogP contribution in [-0.4, -0.2) is 21.8 Å². The number of rotatable bonds is 4. The van der Waals surface area contributed by atoms with Crippen LogP contribution in [0.15, 0.2) is 47.1 Å². The van der Waals surface area contributed by atoms with E-state index >= 15 is 0 Å². The third-order valence-corrected chi connectivity index (χ3v) is 5.57. The van der Waals surface area contributed by atoms with E-state index in [1.165, 1.54) is 18.3 Å². The Hall–Kier alpha value is -3.52. The van der Waals surface area contributed by atoms with Crippen molar-refractivity contribution in [3.8, 4) is 11.6 Å². The number of carbonyl (C=O) groups is 2. The van der Waals surface area contributed by atoms with E-state index in [0.29, 0.717) is 27.8 Å². The van der Waals surface area contributed by atoms with Gasteiger partial charge in [-0.25, -0.2) is 9.97 Å². The Morgan fingerprint density at radius 3 is 2.31 bits per heavy atom. The highest BCUT2D eigenvalue weighted by molar-refractivity contribution is 7.20. The number of aryl methyl sites for hydroxylation is 2. The first-order valence-electron chi connectivity index (χ1n) is 8.93. The molecule has 0 unspecified atom stereocenters. The van der Waals surface area contributed by atoms with Crippen LogP contribution in [0.25, 0.3) is 21.8 Å². The zero-order valence-electron chi connectivity index (χ0n) is 16.1. The van der Waals surface area contributed by atoms with Crippen molar-refractivity contribution in [3.05, 3.63) is 58.8 Å². The fourth-order valence-corrected chi connectivity index (χ4v) is 4.23. The lowest BCUT2D eigenvalue weighted by Crippen LogP contribution is -2.11. The van der Waals surface area contributed by atoms with Gasteiger partial charge in [0.2, 0.25) is 5.91 Å². The van der Waals surface area contributed by atoms with E-state index in [1.807, 2.05) is 13.8 Å². The molecule has 2 amide bonds. The van der Waals surface area contributed by atoms with Crippen LogP contribution in [0.2, 0.25) is 0 Å². The van der Waals surface area contributed by atoms with Crippen LogP contribution in [0, 0.1) is 13.8 Å². The number of aromatic nitrogens is 2. The van der Waals surface area contributed by atoms with Gasteiger partial charge in [-0.05, 0) is 55.8 Å². The molecule has 146 valence electrons. The number of fused-ring (bicyclic) bond motifs is 1. The van der Waals surface area contributed by atoms with Crippen molar-refractivity contribution in [2.24, 2.45) is 0 Å². The maximum absolute atomic E-state index is 12.9. The minimum atomic E-state index is -0.211. The van der Waals surface area contributed by atoms with Crippen LogP contribution in [0.4, 0.5) is 11.4 Å². The molecule has 4 aromatic rings. The summed E-state index contributed by atoms with van der Waals surface area (Å²) < 4.78 is 5.39. The molecule has 29 heavy (non-hydrogen) atoms. The molecular weight excluding hydrogens is 388 g/mol. The van der Waals surface area contributed by atoms with Crippen LogP contribution in [-0.2, 0) is 4.79 Å². The molecule has 4 rings (SSSR count). The maximum Gasteiger partial charge on any atom is 0.266 e. The van der Waals surface area contributed by atoms with Crippen molar-refractivity contribution in [1.82, 2.24) is 9.97 Å². The van der Waals surface area contributed by atoms with Crippen molar-refractivity contribution < 1.29 is 14.0 Å². The molecule has 0 aliphatic heterocycles. The number of carbonyl (C=O) groups excluding carboxylic acids is 2. The average molecular weight is 406 g/mol. The highest BCUT2D eigenvalue weighted by Gasteiger charge is 2.20. The largest absolute Gasteiger partial charge is 0.461 e. The fourth-order valence-electron chi connectivity index (χ4n) is 3.10. The number of amides is 2. The summed E-state index contributed by atoms with van der Waals surface area (Å²) in [4.78, 5) is 34.4. The topological polar surface area (TPSA) is 97.1 Å². The summed E-state index contributed by atoms with van der Waals surface area (Å²) in [5.74, 6) is 0.734. The van der Waals surface area contributed by atoms with Gasteiger partial charge in [0, 0.05) is 23.7 Å². The lowest BCUT2D eigenvalue weighted by atomic mass is 10.1. The molecule has 0 aliphatic carbocycles. The minimum absolute atomic E-state index is 0.145. The van der Waals surface area contributed by atoms with Crippen LogP contribution < -0.4 is 10.6 Å². The van der Waals surface area contributed by atoms with E-state index in [2.05, 4.69) is 20.6 Å². The number of anilines is 2. The summed E-state index contributed by atoms with van der Waals surface area (Å²) in [5.41, 5.74) is 2.96. The van der Waals surface area contributed by atoms with Crippen LogP contribution >= 0.6 is 11.3 Å². The Kier molecular flexibility index (Phi) is 4.85. The predicted octanol–water partition coefficient (Wildman–Crippen LogP) is 4.78. The van der Waals surface area contributed by atoms with Crippen molar-refractivity contribution in [2.45, 2.75) is 20.8 Å². The van der Waals surface area contributed by atoms with Gasteiger partial charge in [0.15, 0.2) is 11.6 Å². The molecule has 0 saturated heterocycles. The molecule has 0 radical (unpaired) electrons. The summed E-state index contributed by atoms with van der Waals surface area (Å²) in [5, 5.41) is 6.47. The van der Waals surface area contributed by atoms with Gasteiger partial charge >= 0.3 is 0 Å². The molecule has 7 nitrogen and oxygen atoms in total. The molecule has 0 atom stereocenters. The van der Waals surface area contributed by atoms with Gasteiger partial charge in [0.05, 0.1) is 16.8 Å². The fraction of sp³-hybridized carbons (Fsp3) is 0.143. The molecular formula is C21H18N4O3S. The number of hydrogen-bond acceptors (Lipinski definition) is 6. The molecule has 3 heterocycles. The molecule has 0 fully saturated rings. The van der Waals surface area contributed by atoms with Gasteiger partial charge in [-0.3, -0.25) is 9.59 Å². The highest BCUT2D eigenvalue weighted by atomic mass is 32.1. The normalized spacial score (nSPS) is 10.9. The first kappa shape index (κ1) is 18.8. The predicted molar refractivity (Wildman–Crippen MR) is 113 cm³/mol. The smallest absolute Gasteiger partial charge is 0.266 e. The average Bonchev–Trinajstić information content (AvgIpc) is 3.31. The Labute approximate surface area is 170 Å². The maximum atomic E-state index is 12.9. The van der Waals surface area contributed by atoms with E-state index in [1.54, 1.807) is 42.7 Å². The quantitative estimate of drug-likeness (QED) is 0.508. The molecule has 0 bridgehead atoms. The lowest BCUT2D eigenvalue weighted by Gasteiger charge is -2.06. The van der Waals surface area contributed by atoms with Crippen LogP contribution in [0.1, 0.15) is 27.9 Å². The standard InChI is InChI=1S/C21H18N4O3S/c1-11-17-12(2)22-19(16-5-4-10-28-16)25-21(17)29-18(11)20(27)24-15-8-6-14(7-9-15)23-13(3)26/h4-10H,1-3H3,(H,23,26)(H,24,27). The summed E-state index contributed by atoms with van der Waals surface area (Å²) in [6.07, 6.45) is 1.58. The van der Waals surface area contributed by atoms with Crippen LogP contribution in [0.3, 0.4) is 0 Å². The molecule has 0 aliphatic rings. The summed E-state index contributed by atoms with van der Waals surface area (Å²) in [7, 11) is 0. The number of thiophene rings is 1. The number of benzene rings is 1. The zero-order chi connectivity index (χ0) is 20.5. The number of hydrogen-bond donors (Lipinski definition) is 2. The van der Waals surface area contributed by atoms with E-state index < -0.39 is 0 Å². The number of nitrogens with one attached hydrogen (secondary N) is 2. The van der Waals surface area contributed by atoms with Gasteiger partial charge in [-0.15, -0.1) is 11.3 Å². The monoisotopic (exact) mass is 406 g/mol. The SMILES string of the molecule is CC(=O)Nc1ccc(NC(=O)c2sc3nc(-c4ccco4)nc(C)c3c2C)cc1. The zero-order valence-corrected chi connectivity index (χ0v) is 16.9. The van der Waals surface area contributed by atoms with Crippen molar-refractivity contribution >= 4 is 44.7 Å². The van der Waals surface area contributed by atoms with Crippen molar-refractivity contribution in [2.75, 3.05) is 10.6 Å². The van der Waals surface area contributed by atoms with E-state index in [9.17, 15) is 9.59 Å². The first-order valence-corrected chi connectivity index (χ1v) is 9.74. The van der Waals surface area contributed by atoms with E-state index in [4.69, 9.17) is 4.42 Å². The molecule has 3 aromatic heterocycles. The number of nitrogens with zero attached hydrogens (tertiary/aromatic N) is 2. The third-order valence-electron chi connectivity index (χ3n) is 4.38. The molecule has 1 aromatic carbocycles. The minimum Gasteiger partial charge on any atom is -0.461 e. The van der Waals surface area contributed by atoms with Gasteiger partial charge in [-0.2, -0.15) is 0 Å². The second-order valence-corrected chi connectivity index (χ2v) is 7.56. The Morgan fingerprint density at radius 1 is 1.00 bits per heavy atom. The summed E-state index contributed by atoms with van der Waals surface area (Å²) in [6.45, 7) is 5.25. The van der Waals surface area contributed by atoms with Gasteiger partial charge in [0.1, 0.15) is 4.83 Å². The third kappa shape index (κ3) is 3.74. The second-order valence-electron chi connectivity index (χ2n) is 6.56. The molecule has 0 saturated carbocycles. The second kappa shape index (κ2) is 7.48. The Morgan fingerprint density at radius 2 is 1.69 bits per heavy atom. The highest BCUT2D eigenvalue weighted by Crippen LogP contribution is 2.33. The lowest BCUT2D eigenvalue weighted by molar-refractivity contribution is -0.114. The van der Waals surface area contributed by atoms with Gasteiger partial charge in [0.25, 0.3) is 5.91 Å². The Balaban J connectivity index is 1.63. The number of furan rings is 1. The van der Waals surface area contributed by atoms with Gasteiger partial charge < -0.3 is 15.1 Å². The summed E-state index contributed by atoms with van der Waals surface area (Å²) >= 11 is 1.33. The molecule has 0 spiro atoms.